The number of pyridine rings is 1. The van der Waals surface area contributed by atoms with E-state index in [9.17, 15) is 13.6 Å². The molecule has 0 unspecified atom stereocenters. The zero-order chi connectivity index (χ0) is 13.0. The third-order valence-electron chi connectivity index (χ3n) is 2.30. The Bertz CT molecular complexity index is 529. The highest BCUT2D eigenvalue weighted by molar-refractivity contribution is 5.92. The van der Waals surface area contributed by atoms with Gasteiger partial charge in [0.1, 0.15) is 5.69 Å². The Labute approximate surface area is 102 Å². The summed E-state index contributed by atoms with van der Waals surface area (Å²) in [5.41, 5.74) is -0.317. The smallest absolute Gasteiger partial charge is 0.288 e. The molecule has 0 atom stereocenters. The fraction of sp³-hybridized carbons (Fsp3) is 0.0769. The molecule has 2 rings (SSSR count). The molecular formula is C13H10F2N2O. The molecule has 92 valence electrons. The number of aromatic nitrogens is 1. The minimum absolute atomic E-state index is 0.0480. The number of benzene rings is 1. The number of hydrogen-bond acceptors (Lipinski definition) is 2. The molecule has 0 spiro atoms. The lowest BCUT2D eigenvalue weighted by Crippen LogP contribution is -2.39. The molecule has 1 amide bonds. The maximum absolute atomic E-state index is 13.7. The predicted molar refractivity (Wildman–Crippen MR) is 62.0 cm³/mol. The number of nitrogens with one attached hydrogen (secondary N) is 1. The van der Waals surface area contributed by atoms with Crippen molar-refractivity contribution < 1.29 is 13.6 Å². The van der Waals surface area contributed by atoms with Crippen molar-refractivity contribution in [2.75, 3.05) is 0 Å². The quantitative estimate of drug-likeness (QED) is 0.848. The number of rotatable bonds is 3. The molecule has 0 fully saturated rings. The molecule has 1 aromatic carbocycles. The summed E-state index contributed by atoms with van der Waals surface area (Å²) in [6.45, 7) is 0. The largest absolute Gasteiger partial charge is 0.352 e. The van der Waals surface area contributed by atoms with Gasteiger partial charge in [0.25, 0.3) is 5.91 Å². The van der Waals surface area contributed by atoms with E-state index in [2.05, 4.69) is 4.98 Å². The van der Waals surface area contributed by atoms with Gasteiger partial charge in [-0.05, 0) is 12.1 Å². The highest BCUT2D eigenvalue weighted by Gasteiger charge is 2.33. The van der Waals surface area contributed by atoms with Gasteiger partial charge in [0, 0.05) is 11.8 Å². The first-order chi connectivity index (χ1) is 8.59. The van der Waals surface area contributed by atoms with Crippen molar-refractivity contribution in [1.82, 2.24) is 10.3 Å². The van der Waals surface area contributed by atoms with E-state index < -0.39 is 12.0 Å². The van der Waals surface area contributed by atoms with Crippen LogP contribution < -0.4 is 5.32 Å². The van der Waals surface area contributed by atoms with Crippen LogP contribution in [0.3, 0.4) is 0 Å². The van der Waals surface area contributed by atoms with E-state index in [1.54, 1.807) is 23.5 Å². The van der Waals surface area contributed by atoms with Crippen LogP contribution in [0.2, 0.25) is 0 Å². The van der Waals surface area contributed by atoms with Gasteiger partial charge in [0.15, 0.2) is 0 Å². The maximum Gasteiger partial charge on any atom is 0.352 e. The Morgan fingerprint density at radius 1 is 1.06 bits per heavy atom. The van der Waals surface area contributed by atoms with Crippen LogP contribution in [-0.2, 0) is 6.05 Å². The lowest BCUT2D eigenvalue weighted by Gasteiger charge is -2.17. The summed E-state index contributed by atoms with van der Waals surface area (Å²) in [5.74, 6) is -0.913. The van der Waals surface area contributed by atoms with E-state index in [0.717, 1.165) is 0 Å². The van der Waals surface area contributed by atoms with Gasteiger partial charge in [0.05, 0.1) is 0 Å². The zero-order valence-corrected chi connectivity index (χ0v) is 9.31. The van der Waals surface area contributed by atoms with Crippen LogP contribution in [0, 0.1) is 0 Å². The van der Waals surface area contributed by atoms with Crippen LogP contribution in [0.1, 0.15) is 16.1 Å². The number of carbonyl (C=O) groups excluding carboxylic acids is 1. The molecule has 0 radical (unpaired) electrons. The number of halogens is 2. The first-order valence-corrected chi connectivity index (χ1v) is 5.26. The summed E-state index contributed by atoms with van der Waals surface area (Å²) in [6, 6.07) is 8.20. The lowest BCUT2D eigenvalue weighted by molar-refractivity contribution is -0.0335. The van der Waals surface area contributed by atoms with Crippen LogP contribution in [0.4, 0.5) is 8.78 Å². The van der Waals surface area contributed by atoms with Crippen LogP contribution >= 0.6 is 0 Å². The average molecular weight is 248 g/mol. The molecule has 5 heteroatoms. The molecule has 0 aliphatic carbocycles. The van der Waals surface area contributed by atoms with Crippen molar-refractivity contribution in [2.24, 2.45) is 0 Å². The predicted octanol–water partition coefficient (Wildman–Crippen LogP) is 2.56. The van der Waals surface area contributed by atoms with Gasteiger partial charge >= 0.3 is 6.05 Å². The van der Waals surface area contributed by atoms with E-state index in [-0.39, 0.29) is 11.3 Å². The second-order valence-electron chi connectivity index (χ2n) is 3.61. The van der Waals surface area contributed by atoms with Crippen LogP contribution in [0.25, 0.3) is 0 Å². The summed E-state index contributed by atoms with van der Waals surface area (Å²) in [5, 5.41) is 1.65. The Kier molecular flexibility index (Phi) is 3.32. The van der Waals surface area contributed by atoms with Crippen molar-refractivity contribution in [1.29, 1.82) is 0 Å². The van der Waals surface area contributed by atoms with Crippen LogP contribution in [-0.4, -0.2) is 10.9 Å². The van der Waals surface area contributed by atoms with E-state index >= 15 is 0 Å². The third kappa shape index (κ3) is 2.68. The van der Waals surface area contributed by atoms with Crippen molar-refractivity contribution in [3.63, 3.8) is 0 Å². The van der Waals surface area contributed by atoms with E-state index in [0.29, 0.717) is 0 Å². The molecule has 0 aliphatic rings. The van der Waals surface area contributed by atoms with E-state index in [1.165, 1.54) is 36.5 Å². The van der Waals surface area contributed by atoms with Crippen molar-refractivity contribution in [3.8, 4) is 0 Å². The first kappa shape index (κ1) is 12.2. The summed E-state index contributed by atoms with van der Waals surface area (Å²) in [4.78, 5) is 15.3. The number of nitrogens with zero attached hydrogens (tertiary/aromatic N) is 1. The fourth-order valence-electron chi connectivity index (χ4n) is 1.42. The van der Waals surface area contributed by atoms with Gasteiger partial charge in [-0.15, -0.1) is 0 Å². The standard InChI is InChI=1S/C13H10F2N2O/c14-13(15,10-6-2-1-3-7-10)17-12(18)11-8-4-5-9-16-11/h1-9H,(H,17,18). The van der Waals surface area contributed by atoms with Crippen LogP contribution in [0.5, 0.6) is 0 Å². The van der Waals surface area contributed by atoms with Gasteiger partial charge in [-0.25, -0.2) is 0 Å². The molecule has 1 aromatic heterocycles. The first-order valence-electron chi connectivity index (χ1n) is 5.26. The minimum Gasteiger partial charge on any atom is -0.288 e. The highest BCUT2D eigenvalue weighted by atomic mass is 19.3. The molecule has 1 N–H and O–H groups in total. The molecule has 1 heterocycles. The zero-order valence-electron chi connectivity index (χ0n) is 9.31. The van der Waals surface area contributed by atoms with Gasteiger partial charge in [-0.1, -0.05) is 36.4 Å². The van der Waals surface area contributed by atoms with Crippen molar-refractivity contribution in [2.45, 2.75) is 6.05 Å². The molecule has 18 heavy (non-hydrogen) atoms. The molecule has 0 bridgehead atoms. The third-order valence-corrected chi connectivity index (χ3v) is 2.30. The lowest BCUT2D eigenvalue weighted by atomic mass is 10.2. The summed E-state index contributed by atoms with van der Waals surface area (Å²) in [7, 11) is 0. The van der Waals surface area contributed by atoms with Gasteiger partial charge in [0.2, 0.25) is 0 Å². The molecule has 3 nitrogen and oxygen atoms in total. The second-order valence-corrected chi connectivity index (χ2v) is 3.61. The molecule has 0 saturated heterocycles. The van der Waals surface area contributed by atoms with Gasteiger partial charge in [-0.3, -0.25) is 15.1 Å². The topological polar surface area (TPSA) is 42.0 Å². The summed E-state index contributed by atoms with van der Waals surface area (Å²) in [6.07, 6.45) is 1.37. The van der Waals surface area contributed by atoms with Crippen molar-refractivity contribution in [3.05, 3.63) is 66.0 Å². The summed E-state index contributed by atoms with van der Waals surface area (Å²) >= 11 is 0. The molecule has 2 aromatic rings. The fourth-order valence-corrected chi connectivity index (χ4v) is 1.42. The Morgan fingerprint density at radius 3 is 2.33 bits per heavy atom. The Morgan fingerprint density at radius 2 is 1.72 bits per heavy atom. The second kappa shape index (κ2) is 4.91. The van der Waals surface area contributed by atoms with Crippen molar-refractivity contribution >= 4 is 5.91 Å². The van der Waals surface area contributed by atoms with E-state index in [1.807, 2.05) is 0 Å². The highest BCUT2D eigenvalue weighted by Crippen LogP contribution is 2.24. The molecular weight excluding hydrogens is 238 g/mol. The normalized spacial score (nSPS) is 11.0. The Balaban J connectivity index is 2.17. The maximum atomic E-state index is 13.7. The van der Waals surface area contributed by atoms with E-state index in [4.69, 9.17) is 0 Å². The van der Waals surface area contributed by atoms with Gasteiger partial charge < -0.3 is 0 Å². The number of alkyl halides is 2. The Hall–Kier alpha value is -2.30. The van der Waals surface area contributed by atoms with Crippen LogP contribution in [0.15, 0.2) is 54.7 Å². The molecule has 0 aliphatic heterocycles. The average Bonchev–Trinajstić information content (AvgIpc) is 2.40. The number of hydrogen-bond donors (Lipinski definition) is 1. The summed E-state index contributed by atoms with van der Waals surface area (Å²) < 4.78 is 27.5. The SMILES string of the molecule is O=C(NC(F)(F)c1ccccc1)c1ccccn1. The van der Waals surface area contributed by atoms with Gasteiger partial charge in [-0.2, -0.15) is 8.78 Å². The minimum atomic E-state index is -3.42. The monoisotopic (exact) mass is 248 g/mol. The number of carbonyl (C=O) groups is 1. The number of amides is 1. The molecule has 0 saturated carbocycles.